The van der Waals surface area contributed by atoms with Gasteiger partial charge in [0.05, 0.1) is 11.6 Å². The van der Waals surface area contributed by atoms with E-state index in [1.54, 1.807) is 12.1 Å². The van der Waals surface area contributed by atoms with Crippen LogP contribution in [0.3, 0.4) is 0 Å². The van der Waals surface area contributed by atoms with Crippen molar-refractivity contribution in [3.05, 3.63) is 70.0 Å². The van der Waals surface area contributed by atoms with Crippen LogP contribution < -0.4 is 5.32 Å². The maximum atomic E-state index is 13.7. The molecule has 3 rings (SSSR count). The number of alkyl halides is 3. The Morgan fingerprint density at radius 1 is 1.04 bits per heavy atom. The lowest BCUT2D eigenvalue weighted by Gasteiger charge is -2.36. The summed E-state index contributed by atoms with van der Waals surface area (Å²) >= 11 is 6.25. The molecule has 1 atom stereocenters. The van der Waals surface area contributed by atoms with Crippen molar-refractivity contribution in [3.63, 3.8) is 0 Å². The smallest absolute Gasteiger partial charge is 0.314 e. The molecule has 1 fully saturated rings. The number of nitrogens with one attached hydrogen (secondary N) is 1. The summed E-state index contributed by atoms with van der Waals surface area (Å²) in [7, 11) is 0. The molecule has 0 radical (unpaired) electrons. The highest BCUT2D eigenvalue weighted by molar-refractivity contribution is 6.31. The standard InChI is InChI=1S/C18H17ClF4N2/c19-16-5-4-13(18(21,22)23)11-15(16)17(25-8-6-24-7-9-25)12-2-1-3-14(20)10-12/h1-5,10-11,17,24H,6-9H2. The first kappa shape index (κ1) is 18.2. The molecule has 2 nitrogen and oxygen atoms in total. The number of hydrogen-bond donors (Lipinski definition) is 1. The topological polar surface area (TPSA) is 15.3 Å². The van der Waals surface area contributed by atoms with Crippen LogP contribution in [0.15, 0.2) is 42.5 Å². The average molecular weight is 373 g/mol. The summed E-state index contributed by atoms with van der Waals surface area (Å²) in [5.41, 5.74) is 0.163. The molecule has 0 spiro atoms. The van der Waals surface area contributed by atoms with Gasteiger partial charge < -0.3 is 5.32 Å². The van der Waals surface area contributed by atoms with Crippen molar-refractivity contribution < 1.29 is 17.6 Å². The Bertz CT molecular complexity index is 742. The van der Waals surface area contributed by atoms with Crippen LogP contribution in [0.4, 0.5) is 17.6 Å². The van der Waals surface area contributed by atoms with E-state index >= 15 is 0 Å². The van der Waals surface area contributed by atoms with Gasteiger partial charge in [0.2, 0.25) is 0 Å². The first-order chi connectivity index (χ1) is 11.9. The normalized spacial score (nSPS) is 17.5. The molecule has 2 aromatic rings. The van der Waals surface area contributed by atoms with Crippen LogP contribution in [0.1, 0.15) is 22.7 Å². The first-order valence-corrected chi connectivity index (χ1v) is 8.31. The van der Waals surface area contributed by atoms with Gasteiger partial charge >= 0.3 is 6.18 Å². The summed E-state index contributed by atoms with van der Waals surface area (Å²) in [6, 6.07) is 8.69. The monoisotopic (exact) mass is 372 g/mol. The van der Waals surface area contributed by atoms with Crippen LogP contribution >= 0.6 is 11.6 Å². The fraction of sp³-hybridized carbons (Fsp3) is 0.333. The molecule has 1 heterocycles. The molecule has 7 heteroatoms. The maximum Gasteiger partial charge on any atom is 0.416 e. The lowest BCUT2D eigenvalue weighted by atomic mass is 9.94. The first-order valence-electron chi connectivity index (χ1n) is 7.93. The van der Waals surface area contributed by atoms with Crippen LogP contribution in [-0.2, 0) is 6.18 Å². The van der Waals surface area contributed by atoms with Gasteiger partial charge in [0.15, 0.2) is 0 Å². The molecule has 0 aromatic heterocycles. The number of rotatable bonds is 3. The minimum atomic E-state index is -4.46. The molecule has 1 aliphatic rings. The van der Waals surface area contributed by atoms with Crippen molar-refractivity contribution in [1.29, 1.82) is 0 Å². The van der Waals surface area contributed by atoms with Gasteiger partial charge in [-0.2, -0.15) is 13.2 Å². The molecule has 1 N–H and O–H groups in total. The maximum absolute atomic E-state index is 13.7. The summed E-state index contributed by atoms with van der Waals surface area (Å²) in [6.07, 6.45) is -4.46. The van der Waals surface area contributed by atoms with Crippen LogP contribution in [0.2, 0.25) is 5.02 Å². The summed E-state index contributed by atoms with van der Waals surface area (Å²) in [6.45, 7) is 2.69. The fourth-order valence-corrected chi connectivity index (χ4v) is 3.35. The molecule has 134 valence electrons. The van der Waals surface area contributed by atoms with E-state index in [0.717, 1.165) is 12.1 Å². The quantitative estimate of drug-likeness (QED) is 0.798. The zero-order valence-corrected chi connectivity index (χ0v) is 14.0. The molecule has 0 amide bonds. The third-order valence-corrected chi connectivity index (χ3v) is 4.64. The van der Waals surface area contributed by atoms with Gasteiger partial charge in [0.1, 0.15) is 5.82 Å². The van der Waals surface area contributed by atoms with E-state index in [4.69, 9.17) is 11.6 Å². The number of benzene rings is 2. The van der Waals surface area contributed by atoms with Gasteiger partial charge in [0.25, 0.3) is 0 Å². The minimum Gasteiger partial charge on any atom is -0.314 e. The summed E-state index contributed by atoms with van der Waals surface area (Å²) < 4.78 is 53.2. The number of piperazine rings is 1. The molecule has 25 heavy (non-hydrogen) atoms. The Morgan fingerprint density at radius 3 is 2.40 bits per heavy atom. The second-order valence-corrected chi connectivity index (χ2v) is 6.38. The SMILES string of the molecule is Fc1cccc(C(c2cc(C(F)(F)F)ccc2Cl)N2CCNCC2)c1. The molecule has 0 bridgehead atoms. The molecular formula is C18H17ClF4N2. The second-order valence-electron chi connectivity index (χ2n) is 5.98. The Hall–Kier alpha value is -1.63. The average Bonchev–Trinajstić information content (AvgIpc) is 2.57. The molecule has 1 aliphatic heterocycles. The lowest BCUT2D eigenvalue weighted by molar-refractivity contribution is -0.137. The molecular weight excluding hydrogens is 356 g/mol. The van der Waals surface area contributed by atoms with E-state index in [1.807, 2.05) is 4.90 Å². The minimum absolute atomic E-state index is 0.237. The van der Waals surface area contributed by atoms with Gasteiger partial charge in [-0.1, -0.05) is 23.7 Å². The Kier molecular flexibility index (Phi) is 5.32. The van der Waals surface area contributed by atoms with Gasteiger partial charge in [-0.3, -0.25) is 4.90 Å². The molecule has 1 unspecified atom stereocenters. The van der Waals surface area contributed by atoms with Crippen LogP contribution in [0.5, 0.6) is 0 Å². The van der Waals surface area contributed by atoms with Crippen LogP contribution in [0.25, 0.3) is 0 Å². The van der Waals surface area contributed by atoms with Crippen molar-refractivity contribution in [2.45, 2.75) is 12.2 Å². The van der Waals surface area contributed by atoms with Crippen molar-refractivity contribution in [2.75, 3.05) is 26.2 Å². The van der Waals surface area contributed by atoms with Gasteiger partial charge in [0, 0.05) is 31.2 Å². The number of halogens is 5. The van der Waals surface area contributed by atoms with E-state index in [9.17, 15) is 17.6 Å². The van der Waals surface area contributed by atoms with Crippen molar-refractivity contribution in [3.8, 4) is 0 Å². The van der Waals surface area contributed by atoms with Crippen molar-refractivity contribution in [2.24, 2.45) is 0 Å². The van der Waals surface area contributed by atoms with Crippen molar-refractivity contribution >= 4 is 11.6 Å². The summed E-state index contributed by atoms with van der Waals surface area (Å²) in [5.74, 6) is -0.430. The highest BCUT2D eigenvalue weighted by Gasteiger charge is 2.33. The number of nitrogens with zero attached hydrogens (tertiary/aromatic N) is 1. The summed E-state index contributed by atoms with van der Waals surface area (Å²) in [5, 5.41) is 3.44. The molecule has 2 aromatic carbocycles. The second kappa shape index (κ2) is 7.32. The van der Waals surface area contributed by atoms with E-state index in [0.29, 0.717) is 37.3 Å². The third-order valence-electron chi connectivity index (χ3n) is 4.30. The van der Waals surface area contributed by atoms with Gasteiger partial charge in [-0.25, -0.2) is 4.39 Å². The lowest BCUT2D eigenvalue weighted by Crippen LogP contribution is -2.45. The number of hydrogen-bond acceptors (Lipinski definition) is 2. The van der Waals surface area contributed by atoms with E-state index < -0.39 is 23.6 Å². The van der Waals surface area contributed by atoms with Gasteiger partial charge in [-0.15, -0.1) is 0 Å². The van der Waals surface area contributed by atoms with Crippen molar-refractivity contribution in [1.82, 2.24) is 10.2 Å². The summed E-state index contributed by atoms with van der Waals surface area (Å²) in [4.78, 5) is 2.02. The molecule has 1 saturated heterocycles. The molecule has 0 saturated carbocycles. The van der Waals surface area contributed by atoms with E-state index in [1.165, 1.54) is 18.2 Å². The fourth-order valence-electron chi connectivity index (χ4n) is 3.13. The van der Waals surface area contributed by atoms with E-state index in [-0.39, 0.29) is 5.02 Å². The largest absolute Gasteiger partial charge is 0.416 e. The molecule has 0 aliphatic carbocycles. The zero-order chi connectivity index (χ0) is 18.0. The predicted molar refractivity (Wildman–Crippen MR) is 89.1 cm³/mol. The Labute approximate surface area is 148 Å². The van der Waals surface area contributed by atoms with Crippen LogP contribution in [-0.4, -0.2) is 31.1 Å². The third kappa shape index (κ3) is 4.14. The zero-order valence-electron chi connectivity index (χ0n) is 13.3. The highest BCUT2D eigenvalue weighted by Crippen LogP contribution is 2.38. The Morgan fingerprint density at radius 2 is 1.76 bits per heavy atom. The van der Waals surface area contributed by atoms with E-state index in [2.05, 4.69) is 5.32 Å². The van der Waals surface area contributed by atoms with Crippen LogP contribution in [0, 0.1) is 5.82 Å². The predicted octanol–water partition coefficient (Wildman–Crippen LogP) is 4.49. The Balaban J connectivity index is 2.11. The van der Waals surface area contributed by atoms with Gasteiger partial charge in [-0.05, 0) is 41.5 Å². The highest BCUT2D eigenvalue weighted by atomic mass is 35.5.